The van der Waals surface area contributed by atoms with Gasteiger partial charge in [0.25, 0.3) is 0 Å². The predicted octanol–water partition coefficient (Wildman–Crippen LogP) is 5.27. The van der Waals surface area contributed by atoms with Crippen LogP contribution in [0.3, 0.4) is 0 Å². The molecular weight excluding hydrogens is 280 g/mol. The van der Waals surface area contributed by atoms with Crippen LogP contribution >= 0.6 is 11.6 Å². The van der Waals surface area contributed by atoms with E-state index in [1.165, 1.54) is 36.8 Å². The number of nitrogens with zero attached hydrogens (tertiary/aromatic N) is 2. The molecule has 0 N–H and O–H groups in total. The molecule has 0 amide bonds. The molecule has 21 heavy (non-hydrogen) atoms. The Morgan fingerprint density at radius 3 is 2.86 bits per heavy atom. The van der Waals surface area contributed by atoms with E-state index in [1.807, 2.05) is 0 Å². The van der Waals surface area contributed by atoms with E-state index in [0.29, 0.717) is 17.3 Å². The maximum absolute atomic E-state index is 6.03. The number of aromatic nitrogens is 2. The van der Waals surface area contributed by atoms with Crippen LogP contribution in [-0.4, -0.2) is 15.4 Å². The third-order valence-electron chi connectivity index (χ3n) is 5.08. The van der Waals surface area contributed by atoms with Gasteiger partial charge in [-0.1, -0.05) is 38.8 Å². The van der Waals surface area contributed by atoms with Gasteiger partial charge in [0.2, 0.25) is 0 Å². The molecule has 0 aliphatic heterocycles. The van der Waals surface area contributed by atoms with Crippen LogP contribution in [0.1, 0.15) is 57.0 Å². The van der Waals surface area contributed by atoms with E-state index < -0.39 is 0 Å². The molecule has 0 spiro atoms. The highest BCUT2D eigenvalue weighted by Crippen LogP contribution is 2.45. The minimum Gasteiger partial charge on any atom is -0.324 e. The number of hydrogen-bond donors (Lipinski definition) is 0. The molecule has 0 bridgehead atoms. The summed E-state index contributed by atoms with van der Waals surface area (Å²) >= 11 is 6.03. The lowest BCUT2D eigenvalue weighted by atomic mass is 9.73. The van der Waals surface area contributed by atoms with Crippen molar-refractivity contribution in [2.45, 2.75) is 58.9 Å². The van der Waals surface area contributed by atoms with E-state index in [1.54, 1.807) is 0 Å². The van der Waals surface area contributed by atoms with E-state index in [9.17, 15) is 0 Å². The normalized spacial score (nSPS) is 21.8. The largest absolute Gasteiger partial charge is 0.324 e. The highest BCUT2D eigenvalue weighted by Gasteiger charge is 2.35. The summed E-state index contributed by atoms with van der Waals surface area (Å²) in [5, 5.41) is 0. The van der Waals surface area contributed by atoms with Gasteiger partial charge in [0.15, 0.2) is 0 Å². The van der Waals surface area contributed by atoms with Crippen LogP contribution in [0.25, 0.3) is 11.0 Å². The average molecular weight is 305 g/mol. The number of aryl methyl sites for hydroxylation is 2. The molecular formula is C18H25ClN2. The van der Waals surface area contributed by atoms with Crippen molar-refractivity contribution in [3.05, 3.63) is 29.6 Å². The summed E-state index contributed by atoms with van der Waals surface area (Å²) in [6, 6.07) is 7.06. The molecule has 1 fully saturated rings. The molecule has 3 heteroatoms. The quantitative estimate of drug-likeness (QED) is 0.707. The molecule has 1 aromatic heterocycles. The van der Waals surface area contributed by atoms with Gasteiger partial charge in [0.05, 0.1) is 11.0 Å². The molecule has 2 aromatic rings. The van der Waals surface area contributed by atoms with Crippen molar-refractivity contribution >= 4 is 22.6 Å². The van der Waals surface area contributed by atoms with Crippen molar-refractivity contribution in [1.29, 1.82) is 0 Å². The van der Waals surface area contributed by atoms with Gasteiger partial charge in [-0.05, 0) is 36.8 Å². The summed E-state index contributed by atoms with van der Waals surface area (Å²) < 4.78 is 2.50. The molecule has 3 rings (SSSR count). The SMILES string of the molecule is Cc1cccc2c1nc(CCCl)n2C1CCCCC1(C)C. The number of imidazole rings is 1. The first kappa shape index (κ1) is 14.9. The van der Waals surface area contributed by atoms with E-state index in [0.717, 1.165) is 17.8 Å². The maximum atomic E-state index is 6.03. The van der Waals surface area contributed by atoms with Gasteiger partial charge >= 0.3 is 0 Å². The molecule has 1 aliphatic rings. The van der Waals surface area contributed by atoms with Crippen molar-refractivity contribution in [3.63, 3.8) is 0 Å². The van der Waals surface area contributed by atoms with Crippen LogP contribution in [-0.2, 0) is 6.42 Å². The Hall–Kier alpha value is -1.02. The predicted molar refractivity (Wildman–Crippen MR) is 90.2 cm³/mol. The first-order valence-corrected chi connectivity index (χ1v) is 8.60. The van der Waals surface area contributed by atoms with Crippen LogP contribution < -0.4 is 0 Å². The fraction of sp³-hybridized carbons (Fsp3) is 0.611. The smallest absolute Gasteiger partial charge is 0.111 e. The Labute approximate surface area is 132 Å². The van der Waals surface area contributed by atoms with E-state index in [4.69, 9.17) is 16.6 Å². The van der Waals surface area contributed by atoms with Crippen LogP contribution in [0.2, 0.25) is 0 Å². The van der Waals surface area contributed by atoms with Crippen molar-refractivity contribution in [3.8, 4) is 0 Å². The molecule has 0 radical (unpaired) electrons. The summed E-state index contributed by atoms with van der Waals surface area (Å²) in [6.45, 7) is 6.96. The lowest BCUT2D eigenvalue weighted by molar-refractivity contribution is 0.145. The maximum Gasteiger partial charge on any atom is 0.111 e. The van der Waals surface area contributed by atoms with Crippen LogP contribution in [0.5, 0.6) is 0 Å². The van der Waals surface area contributed by atoms with Crippen molar-refractivity contribution in [2.75, 3.05) is 5.88 Å². The molecule has 1 saturated carbocycles. The molecule has 1 atom stereocenters. The molecule has 1 aromatic carbocycles. The number of halogens is 1. The van der Waals surface area contributed by atoms with Crippen molar-refractivity contribution in [2.24, 2.45) is 5.41 Å². The molecule has 2 nitrogen and oxygen atoms in total. The first-order valence-electron chi connectivity index (χ1n) is 8.07. The summed E-state index contributed by atoms with van der Waals surface area (Å²) in [5.74, 6) is 1.80. The van der Waals surface area contributed by atoms with Gasteiger partial charge in [-0.3, -0.25) is 0 Å². The summed E-state index contributed by atoms with van der Waals surface area (Å²) in [6.07, 6.45) is 6.06. The fourth-order valence-corrected chi connectivity index (χ4v) is 4.04. The second-order valence-electron chi connectivity index (χ2n) is 7.03. The monoisotopic (exact) mass is 304 g/mol. The van der Waals surface area contributed by atoms with Gasteiger partial charge in [-0.2, -0.15) is 0 Å². The molecule has 1 unspecified atom stereocenters. The van der Waals surface area contributed by atoms with Gasteiger partial charge in [-0.25, -0.2) is 4.98 Å². The third kappa shape index (κ3) is 2.59. The average Bonchev–Trinajstić information content (AvgIpc) is 2.79. The lowest BCUT2D eigenvalue weighted by Crippen LogP contribution is -2.31. The number of rotatable bonds is 3. The minimum atomic E-state index is 0.330. The van der Waals surface area contributed by atoms with Gasteiger partial charge in [-0.15, -0.1) is 11.6 Å². The zero-order valence-electron chi connectivity index (χ0n) is 13.3. The first-order chi connectivity index (χ1) is 10.0. The molecule has 0 saturated heterocycles. The van der Waals surface area contributed by atoms with Crippen LogP contribution in [0.15, 0.2) is 18.2 Å². The van der Waals surface area contributed by atoms with Crippen molar-refractivity contribution in [1.82, 2.24) is 9.55 Å². The summed E-state index contributed by atoms with van der Waals surface area (Å²) in [7, 11) is 0. The summed E-state index contributed by atoms with van der Waals surface area (Å²) in [4.78, 5) is 4.92. The highest BCUT2D eigenvalue weighted by molar-refractivity contribution is 6.17. The standard InChI is InChI=1S/C18H25ClN2/c1-13-7-6-8-14-17(13)20-16(10-12-19)21(14)15-9-4-5-11-18(15,2)3/h6-8,15H,4-5,9-12H2,1-3H3. The Morgan fingerprint density at radius 2 is 2.14 bits per heavy atom. The van der Waals surface area contributed by atoms with Crippen LogP contribution in [0.4, 0.5) is 0 Å². The van der Waals surface area contributed by atoms with E-state index >= 15 is 0 Å². The summed E-state index contributed by atoms with van der Waals surface area (Å²) in [5.41, 5.74) is 4.03. The van der Waals surface area contributed by atoms with Gasteiger partial charge in [0.1, 0.15) is 5.82 Å². The third-order valence-corrected chi connectivity index (χ3v) is 5.26. The second kappa shape index (κ2) is 5.64. The number of benzene rings is 1. The Bertz CT molecular complexity index is 642. The Morgan fingerprint density at radius 1 is 1.33 bits per heavy atom. The molecule has 114 valence electrons. The number of fused-ring (bicyclic) bond motifs is 1. The zero-order chi connectivity index (χ0) is 15.0. The number of alkyl halides is 1. The number of hydrogen-bond acceptors (Lipinski definition) is 1. The molecule has 1 heterocycles. The van der Waals surface area contributed by atoms with Gasteiger partial charge < -0.3 is 4.57 Å². The van der Waals surface area contributed by atoms with Crippen molar-refractivity contribution < 1.29 is 0 Å². The van der Waals surface area contributed by atoms with Crippen LogP contribution in [0, 0.1) is 12.3 Å². The highest BCUT2D eigenvalue weighted by atomic mass is 35.5. The number of para-hydroxylation sites is 1. The fourth-order valence-electron chi connectivity index (χ4n) is 3.87. The lowest BCUT2D eigenvalue weighted by Gasteiger charge is -2.40. The second-order valence-corrected chi connectivity index (χ2v) is 7.41. The molecule has 1 aliphatic carbocycles. The topological polar surface area (TPSA) is 17.8 Å². The van der Waals surface area contributed by atoms with E-state index in [-0.39, 0.29) is 0 Å². The van der Waals surface area contributed by atoms with E-state index in [2.05, 4.69) is 43.5 Å². The Kier molecular flexibility index (Phi) is 4.00. The zero-order valence-corrected chi connectivity index (χ0v) is 14.1. The van der Waals surface area contributed by atoms with Gasteiger partial charge in [0, 0.05) is 18.3 Å². The minimum absolute atomic E-state index is 0.330. The Balaban J connectivity index is 2.19.